The number of amides is 3. The zero-order valence-electron chi connectivity index (χ0n) is 19.6. The first-order chi connectivity index (χ1) is 17.3. The van der Waals surface area contributed by atoms with E-state index in [-0.39, 0.29) is 48.8 Å². The highest BCUT2D eigenvalue weighted by atomic mass is 35.5. The van der Waals surface area contributed by atoms with Crippen LogP contribution >= 0.6 is 22.9 Å². The lowest BCUT2D eigenvalue weighted by molar-refractivity contribution is -0.125. The molecule has 12 heteroatoms. The summed E-state index contributed by atoms with van der Waals surface area (Å²) in [5, 5.41) is 5.42. The van der Waals surface area contributed by atoms with Gasteiger partial charge in [0.25, 0.3) is 18.2 Å². The quantitative estimate of drug-likeness (QED) is 0.477. The maximum Gasteiger partial charge on any atom is 0.265 e. The number of alkyl halides is 2. The molecule has 36 heavy (non-hydrogen) atoms. The number of benzene rings is 1. The van der Waals surface area contributed by atoms with Crippen molar-refractivity contribution in [2.45, 2.75) is 38.3 Å². The largest absolute Gasteiger partial charge is 0.370 e. The summed E-state index contributed by atoms with van der Waals surface area (Å²) in [5.74, 6) is -1.17. The Balaban J connectivity index is 1.52. The van der Waals surface area contributed by atoms with Gasteiger partial charge in [-0.25, -0.2) is 8.78 Å². The van der Waals surface area contributed by atoms with Crippen molar-refractivity contribution in [2.75, 3.05) is 43.1 Å². The summed E-state index contributed by atoms with van der Waals surface area (Å²) in [6.07, 6.45) is -1.02. The molecule has 1 atom stereocenters. The highest BCUT2D eigenvalue weighted by molar-refractivity contribution is 7.18. The van der Waals surface area contributed by atoms with Crippen molar-refractivity contribution in [3.05, 3.63) is 45.1 Å². The van der Waals surface area contributed by atoms with Gasteiger partial charge in [-0.1, -0.05) is 18.5 Å². The maximum atomic E-state index is 14.0. The first kappa shape index (κ1) is 26.5. The summed E-state index contributed by atoms with van der Waals surface area (Å²) in [6.45, 7) is 2.95. The molecule has 0 spiro atoms. The van der Waals surface area contributed by atoms with Crippen LogP contribution in [0.25, 0.3) is 0 Å². The average molecular weight is 541 g/mol. The molecule has 0 unspecified atom stereocenters. The Bertz CT molecular complexity index is 1130. The number of morpholine rings is 1. The fourth-order valence-corrected chi connectivity index (χ4v) is 5.19. The van der Waals surface area contributed by atoms with Gasteiger partial charge >= 0.3 is 0 Å². The van der Waals surface area contributed by atoms with Crippen LogP contribution in [0.2, 0.25) is 4.34 Å². The van der Waals surface area contributed by atoms with Crippen molar-refractivity contribution >= 4 is 52.0 Å². The number of anilines is 2. The van der Waals surface area contributed by atoms with E-state index in [1.54, 1.807) is 12.1 Å². The molecule has 1 aliphatic carbocycles. The SMILES string of the molecule is CCN(C1CC1)[C@@H](CNC(=O)c1ccc(Cl)s1)C(=O)Nc1ccc(N2CCOCC2=O)cc1C(F)F. The zero-order valence-corrected chi connectivity index (χ0v) is 21.2. The molecule has 1 aromatic carbocycles. The van der Waals surface area contributed by atoms with E-state index in [1.807, 2.05) is 11.8 Å². The lowest BCUT2D eigenvalue weighted by Gasteiger charge is -2.30. The summed E-state index contributed by atoms with van der Waals surface area (Å²) in [4.78, 5) is 41.8. The third-order valence-electron chi connectivity index (χ3n) is 6.16. The minimum Gasteiger partial charge on any atom is -0.370 e. The number of rotatable bonds is 10. The van der Waals surface area contributed by atoms with E-state index in [1.165, 1.54) is 23.1 Å². The van der Waals surface area contributed by atoms with E-state index in [0.29, 0.717) is 28.1 Å². The molecule has 194 valence electrons. The van der Waals surface area contributed by atoms with Crippen LogP contribution in [-0.4, -0.2) is 67.6 Å². The number of halogens is 3. The molecule has 2 aromatic rings. The Morgan fingerprint density at radius 2 is 2.06 bits per heavy atom. The third kappa shape index (κ3) is 6.20. The molecule has 2 N–H and O–H groups in total. The Morgan fingerprint density at radius 1 is 1.28 bits per heavy atom. The summed E-state index contributed by atoms with van der Waals surface area (Å²) >= 11 is 7.05. The molecule has 1 saturated heterocycles. The van der Waals surface area contributed by atoms with E-state index in [4.69, 9.17) is 16.3 Å². The number of hydrogen-bond acceptors (Lipinski definition) is 6. The number of ether oxygens (including phenoxy) is 1. The fraction of sp³-hybridized carbons (Fsp3) is 0.458. The number of thiophene rings is 1. The van der Waals surface area contributed by atoms with Crippen molar-refractivity contribution < 1.29 is 27.9 Å². The first-order valence-electron chi connectivity index (χ1n) is 11.7. The third-order valence-corrected chi connectivity index (χ3v) is 7.39. The predicted octanol–water partition coefficient (Wildman–Crippen LogP) is 3.92. The smallest absolute Gasteiger partial charge is 0.265 e. The van der Waals surface area contributed by atoms with Gasteiger partial charge in [-0.15, -0.1) is 11.3 Å². The minimum atomic E-state index is -2.87. The van der Waals surface area contributed by atoms with Gasteiger partial charge in [0.2, 0.25) is 5.91 Å². The molecular formula is C24H27ClF2N4O4S. The molecule has 1 saturated carbocycles. The monoisotopic (exact) mass is 540 g/mol. The van der Waals surface area contributed by atoms with Crippen LogP contribution in [0.4, 0.5) is 20.2 Å². The minimum absolute atomic E-state index is 0.00883. The molecule has 2 heterocycles. The lowest BCUT2D eigenvalue weighted by atomic mass is 10.1. The van der Waals surface area contributed by atoms with Crippen molar-refractivity contribution in [3.63, 3.8) is 0 Å². The van der Waals surface area contributed by atoms with Gasteiger partial charge in [0.15, 0.2) is 0 Å². The van der Waals surface area contributed by atoms with Crippen LogP contribution in [0.3, 0.4) is 0 Å². The fourth-order valence-electron chi connectivity index (χ4n) is 4.23. The van der Waals surface area contributed by atoms with Crippen LogP contribution in [0, 0.1) is 0 Å². The number of nitrogens with one attached hydrogen (secondary N) is 2. The highest BCUT2D eigenvalue weighted by Gasteiger charge is 2.37. The van der Waals surface area contributed by atoms with E-state index in [2.05, 4.69) is 10.6 Å². The summed E-state index contributed by atoms with van der Waals surface area (Å²) in [7, 11) is 0. The topological polar surface area (TPSA) is 91.0 Å². The molecule has 1 aromatic heterocycles. The van der Waals surface area contributed by atoms with E-state index >= 15 is 0 Å². The van der Waals surface area contributed by atoms with Gasteiger partial charge < -0.3 is 20.3 Å². The standard InChI is InChI=1S/C24H27ClF2N4O4S/c1-2-30(14-3-4-14)18(12-28-24(34)19-7-8-20(25)36-19)23(33)29-17-6-5-15(11-16(17)22(26)27)31-9-10-35-13-21(31)32/h5-8,11,14,18,22H,2-4,9-10,12-13H2,1H3,(H,28,34)(H,29,33)/t18-/m0/s1. The molecule has 4 rings (SSSR count). The van der Waals surface area contributed by atoms with Crippen LogP contribution in [0.1, 0.15) is 41.4 Å². The van der Waals surface area contributed by atoms with Crippen LogP contribution in [-0.2, 0) is 14.3 Å². The van der Waals surface area contributed by atoms with Crippen LogP contribution < -0.4 is 15.5 Å². The molecule has 2 fully saturated rings. The van der Waals surface area contributed by atoms with Crippen LogP contribution in [0.5, 0.6) is 0 Å². The number of hydrogen-bond donors (Lipinski definition) is 2. The Kier molecular flexibility index (Phi) is 8.55. The van der Waals surface area contributed by atoms with Gasteiger partial charge in [0.1, 0.15) is 12.6 Å². The molecule has 1 aliphatic heterocycles. The summed E-state index contributed by atoms with van der Waals surface area (Å²) in [5.41, 5.74) is -0.0958. The zero-order chi connectivity index (χ0) is 25.8. The van der Waals surface area contributed by atoms with Gasteiger partial charge in [0.05, 0.1) is 15.8 Å². The molecule has 2 aliphatic rings. The normalized spacial score (nSPS) is 16.9. The summed E-state index contributed by atoms with van der Waals surface area (Å²) in [6, 6.07) is 6.80. The van der Waals surface area contributed by atoms with Crippen molar-refractivity contribution in [1.82, 2.24) is 10.2 Å². The second kappa shape index (κ2) is 11.6. The van der Waals surface area contributed by atoms with E-state index < -0.39 is 18.4 Å². The van der Waals surface area contributed by atoms with Gasteiger partial charge in [-0.05, 0) is 49.7 Å². The average Bonchev–Trinajstić information content (AvgIpc) is 3.60. The number of carbonyl (C=O) groups excluding carboxylic acids is 3. The molecular weight excluding hydrogens is 514 g/mol. The summed E-state index contributed by atoms with van der Waals surface area (Å²) < 4.78 is 33.5. The van der Waals surface area contributed by atoms with E-state index in [9.17, 15) is 23.2 Å². The molecule has 0 bridgehead atoms. The predicted molar refractivity (Wildman–Crippen MR) is 134 cm³/mol. The molecule has 8 nitrogen and oxygen atoms in total. The number of carbonyl (C=O) groups is 3. The Labute approximate surface area is 216 Å². The highest BCUT2D eigenvalue weighted by Crippen LogP contribution is 2.33. The van der Waals surface area contributed by atoms with Crippen molar-refractivity contribution in [3.8, 4) is 0 Å². The number of likely N-dealkylation sites (N-methyl/N-ethyl adjacent to an activating group) is 1. The van der Waals surface area contributed by atoms with E-state index in [0.717, 1.165) is 24.2 Å². The van der Waals surface area contributed by atoms with Gasteiger partial charge in [-0.3, -0.25) is 19.3 Å². The second-order valence-corrected chi connectivity index (χ2v) is 10.3. The maximum absolute atomic E-state index is 14.0. The molecule has 0 radical (unpaired) electrons. The van der Waals surface area contributed by atoms with Crippen LogP contribution in [0.15, 0.2) is 30.3 Å². The van der Waals surface area contributed by atoms with Crippen molar-refractivity contribution in [1.29, 1.82) is 0 Å². The van der Waals surface area contributed by atoms with Gasteiger partial charge in [0, 0.05) is 36.1 Å². The van der Waals surface area contributed by atoms with Crippen molar-refractivity contribution in [2.24, 2.45) is 0 Å². The lowest BCUT2D eigenvalue weighted by Crippen LogP contribution is -2.51. The second-order valence-electron chi connectivity index (χ2n) is 8.55. The van der Waals surface area contributed by atoms with Gasteiger partial charge in [-0.2, -0.15) is 0 Å². The Hall–Kier alpha value is -2.60. The first-order valence-corrected chi connectivity index (χ1v) is 12.9. The number of nitrogens with zero attached hydrogens (tertiary/aromatic N) is 2. The molecule has 3 amide bonds. The Morgan fingerprint density at radius 3 is 2.67 bits per heavy atom.